The Morgan fingerprint density at radius 1 is 1.04 bits per heavy atom. The average Bonchev–Trinajstić information content (AvgIpc) is 3.23. The first-order valence-electron chi connectivity index (χ1n) is 7.59. The molecule has 3 nitrogen and oxygen atoms in total. The summed E-state index contributed by atoms with van der Waals surface area (Å²) in [5.74, 6) is 2.06. The third-order valence-corrected chi connectivity index (χ3v) is 4.83. The molecule has 4 rings (SSSR count). The zero-order valence-electron chi connectivity index (χ0n) is 13.2. The summed E-state index contributed by atoms with van der Waals surface area (Å²) in [6, 6.07) is 19.6. The summed E-state index contributed by atoms with van der Waals surface area (Å²) in [4.78, 5) is 6.44. The lowest BCUT2D eigenvalue weighted by Crippen LogP contribution is -1.92. The van der Waals surface area contributed by atoms with Crippen LogP contribution in [0.1, 0.15) is 10.4 Å². The maximum atomic E-state index is 5.90. The molecule has 0 saturated carbocycles. The van der Waals surface area contributed by atoms with Crippen molar-refractivity contribution in [3.8, 4) is 16.5 Å². The number of oxazole rings is 1. The number of benzene rings is 2. The SMILES string of the molecule is C=C(Oc1ccccc1C)c1ccc(-c2nc3ccccc3o2)s1. The molecule has 0 fully saturated rings. The predicted octanol–water partition coefficient (Wildman–Crippen LogP) is 5.91. The maximum Gasteiger partial charge on any atom is 0.237 e. The van der Waals surface area contributed by atoms with Crippen LogP contribution in [0.2, 0.25) is 0 Å². The van der Waals surface area contributed by atoms with Crippen molar-refractivity contribution in [1.82, 2.24) is 4.98 Å². The summed E-state index contributed by atoms with van der Waals surface area (Å²) in [6.07, 6.45) is 0. The van der Waals surface area contributed by atoms with E-state index in [1.54, 1.807) is 11.3 Å². The smallest absolute Gasteiger partial charge is 0.237 e. The number of aryl methyl sites for hydroxylation is 1. The molecule has 0 aliphatic carbocycles. The molecule has 0 aliphatic heterocycles. The standard InChI is InChI=1S/C20H15NO2S/c1-13-7-3-5-9-16(13)22-14(2)18-11-12-19(24-18)20-21-15-8-4-6-10-17(15)23-20/h3-12H,2H2,1H3. The summed E-state index contributed by atoms with van der Waals surface area (Å²) in [5, 5.41) is 0. The number of hydrogen-bond donors (Lipinski definition) is 0. The Bertz CT molecular complexity index is 996. The van der Waals surface area contributed by atoms with E-state index < -0.39 is 0 Å². The van der Waals surface area contributed by atoms with Crippen LogP contribution in [0.15, 0.2) is 71.7 Å². The molecule has 0 saturated heterocycles. The Balaban J connectivity index is 1.60. The normalized spacial score (nSPS) is 10.9. The van der Waals surface area contributed by atoms with E-state index in [9.17, 15) is 0 Å². The van der Waals surface area contributed by atoms with Gasteiger partial charge in [0.2, 0.25) is 5.89 Å². The second-order valence-electron chi connectivity index (χ2n) is 5.44. The van der Waals surface area contributed by atoms with E-state index in [4.69, 9.17) is 9.15 Å². The molecule has 24 heavy (non-hydrogen) atoms. The number of aromatic nitrogens is 1. The molecular weight excluding hydrogens is 318 g/mol. The monoisotopic (exact) mass is 333 g/mol. The van der Waals surface area contributed by atoms with E-state index in [1.807, 2.05) is 67.6 Å². The number of hydrogen-bond acceptors (Lipinski definition) is 4. The van der Waals surface area contributed by atoms with Crippen LogP contribution in [0.3, 0.4) is 0 Å². The minimum Gasteiger partial charge on any atom is -0.456 e. The fraction of sp³-hybridized carbons (Fsp3) is 0.0500. The van der Waals surface area contributed by atoms with Gasteiger partial charge in [-0.2, -0.15) is 0 Å². The first kappa shape index (κ1) is 14.7. The van der Waals surface area contributed by atoms with Gasteiger partial charge in [-0.15, -0.1) is 11.3 Å². The Kier molecular flexibility index (Phi) is 3.67. The van der Waals surface area contributed by atoms with Crippen molar-refractivity contribution in [2.75, 3.05) is 0 Å². The molecule has 0 radical (unpaired) electrons. The van der Waals surface area contributed by atoms with Gasteiger partial charge >= 0.3 is 0 Å². The van der Waals surface area contributed by atoms with Crippen LogP contribution in [0, 0.1) is 6.92 Å². The number of rotatable bonds is 4. The maximum absolute atomic E-state index is 5.90. The number of ether oxygens (including phenoxy) is 1. The van der Waals surface area contributed by atoms with Crippen molar-refractivity contribution in [2.45, 2.75) is 6.92 Å². The molecular formula is C20H15NO2S. The van der Waals surface area contributed by atoms with Crippen LogP contribution < -0.4 is 4.74 Å². The largest absolute Gasteiger partial charge is 0.456 e. The van der Waals surface area contributed by atoms with Gasteiger partial charge in [0.05, 0.1) is 9.75 Å². The van der Waals surface area contributed by atoms with E-state index in [1.165, 1.54) is 0 Å². The van der Waals surface area contributed by atoms with E-state index in [2.05, 4.69) is 11.6 Å². The molecule has 118 valence electrons. The van der Waals surface area contributed by atoms with E-state index in [0.717, 1.165) is 32.2 Å². The minimum atomic E-state index is 0.621. The van der Waals surface area contributed by atoms with Crippen LogP contribution in [0.25, 0.3) is 27.6 Å². The van der Waals surface area contributed by atoms with Gasteiger partial charge in [-0.3, -0.25) is 0 Å². The van der Waals surface area contributed by atoms with Crippen molar-refractivity contribution in [3.05, 3.63) is 77.7 Å². The molecule has 2 heterocycles. The molecule has 0 atom stereocenters. The van der Waals surface area contributed by atoms with Crippen molar-refractivity contribution in [2.24, 2.45) is 0 Å². The lowest BCUT2D eigenvalue weighted by atomic mass is 10.2. The molecule has 4 heteroatoms. The van der Waals surface area contributed by atoms with Crippen LogP contribution in [-0.2, 0) is 0 Å². The summed E-state index contributed by atoms with van der Waals surface area (Å²) < 4.78 is 11.7. The molecule has 0 unspecified atom stereocenters. The fourth-order valence-corrected chi connectivity index (χ4v) is 3.27. The molecule has 0 aliphatic rings. The molecule has 0 spiro atoms. The number of thiophene rings is 1. The van der Waals surface area contributed by atoms with Gasteiger partial charge in [0.1, 0.15) is 17.0 Å². The number of fused-ring (bicyclic) bond motifs is 1. The fourth-order valence-electron chi connectivity index (χ4n) is 2.43. The summed E-state index contributed by atoms with van der Waals surface area (Å²) in [5.41, 5.74) is 2.73. The van der Waals surface area contributed by atoms with Gasteiger partial charge < -0.3 is 9.15 Å². The highest BCUT2D eigenvalue weighted by Gasteiger charge is 2.13. The lowest BCUT2D eigenvalue weighted by molar-refractivity contribution is 0.514. The second-order valence-corrected chi connectivity index (χ2v) is 6.53. The van der Waals surface area contributed by atoms with Crippen LogP contribution in [-0.4, -0.2) is 4.98 Å². The summed E-state index contributed by atoms with van der Waals surface area (Å²) in [6.45, 7) is 6.06. The van der Waals surface area contributed by atoms with Gasteiger partial charge in [-0.05, 0) is 42.8 Å². The van der Waals surface area contributed by atoms with Crippen molar-refractivity contribution in [1.29, 1.82) is 0 Å². The van der Waals surface area contributed by atoms with E-state index >= 15 is 0 Å². The molecule has 0 bridgehead atoms. The Labute approximate surface area is 143 Å². The summed E-state index contributed by atoms with van der Waals surface area (Å²) in [7, 11) is 0. The van der Waals surface area contributed by atoms with Gasteiger partial charge in [0.25, 0.3) is 0 Å². The Morgan fingerprint density at radius 2 is 1.83 bits per heavy atom. The van der Waals surface area contributed by atoms with E-state index in [-0.39, 0.29) is 0 Å². The van der Waals surface area contributed by atoms with E-state index in [0.29, 0.717) is 11.6 Å². The van der Waals surface area contributed by atoms with Crippen LogP contribution >= 0.6 is 11.3 Å². The molecule has 0 amide bonds. The average molecular weight is 333 g/mol. The molecule has 4 aromatic rings. The van der Waals surface area contributed by atoms with Gasteiger partial charge in [-0.25, -0.2) is 4.98 Å². The zero-order chi connectivity index (χ0) is 16.5. The summed E-state index contributed by atoms with van der Waals surface area (Å²) >= 11 is 1.55. The van der Waals surface area contributed by atoms with Gasteiger partial charge in [0.15, 0.2) is 5.58 Å². The van der Waals surface area contributed by atoms with Crippen molar-refractivity contribution in [3.63, 3.8) is 0 Å². The quantitative estimate of drug-likeness (QED) is 0.435. The minimum absolute atomic E-state index is 0.621. The number of para-hydroxylation sites is 3. The number of nitrogens with zero attached hydrogens (tertiary/aromatic N) is 1. The first-order valence-corrected chi connectivity index (χ1v) is 8.41. The topological polar surface area (TPSA) is 35.3 Å². The highest BCUT2D eigenvalue weighted by molar-refractivity contribution is 7.16. The Hall–Kier alpha value is -2.85. The van der Waals surface area contributed by atoms with Gasteiger partial charge in [-0.1, -0.05) is 36.9 Å². The molecule has 2 aromatic heterocycles. The predicted molar refractivity (Wildman–Crippen MR) is 98.2 cm³/mol. The third-order valence-electron chi connectivity index (χ3n) is 3.71. The third kappa shape index (κ3) is 2.72. The first-order chi connectivity index (χ1) is 11.7. The molecule has 2 aromatic carbocycles. The van der Waals surface area contributed by atoms with Crippen molar-refractivity contribution < 1.29 is 9.15 Å². The van der Waals surface area contributed by atoms with Crippen LogP contribution in [0.5, 0.6) is 5.75 Å². The van der Waals surface area contributed by atoms with Gasteiger partial charge in [0, 0.05) is 0 Å². The molecule has 0 N–H and O–H groups in total. The van der Waals surface area contributed by atoms with Crippen LogP contribution in [0.4, 0.5) is 0 Å². The highest BCUT2D eigenvalue weighted by Crippen LogP contribution is 2.34. The van der Waals surface area contributed by atoms with Crippen molar-refractivity contribution >= 4 is 28.2 Å². The Morgan fingerprint density at radius 3 is 2.67 bits per heavy atom. The second kappa shape index (κ2) is 5.98. The lowest BCUT2D eigenvalue weighted by Gasteiger charge is -2.09. The zero-order valence-corrected chi connectivity index (χ0v) is 14.0. The highest BCUT2D eigenvalue weighted by atomic mass is 32.1.